The number of anilines is 1. The van der Waals surface area contributed by atoms with Crippen molar-refractivity contribution >= 4 is 34.2 Å². The van der Waals surface area contributed by atoms with Gasteiger partial charge in [-0.25, -0.2) is 4.79 Å². The number of aryl methyl sites for hydroxylation is 1. The largest absolute Gasteiger partial charge is 0.325 e. The Morgan fingerprint density at radius 3 is 2.70 bits per heavy atom. The Kier molecular flexibility index (Phi) is 6.80. The summed E-state index contributed by atoms with van der Waals surface area (Å²) in [6.45, 7) is 1.64. The normalized spacial score (nSPS) is 20.1. The smallest absolute Gasteiger partial charge is 0.319 e. The molecule has 4 amide bonds. The summed E-state index contributed by atoms with van der Waals surface area (Å²) in [7, 11) is 0. The van der Waals surface area contributed by atoms with Gasteiger partial charge in [-0.05, 0) is 43.2 Å². The van der Waals surface area contributed by atoms with Gasteiger partial charge in [-0.1, -0.05) is 56.5 Å². The van der Waals surface area contributed by atoms with Crippen LogP contribution in [0, 0.1) is 11.3 Å². The topological polar surface area (TPSA) is 102 Å². The van der Waals surface area contributed by atoms with Crippen LogP contribution in [0.4, 0.5) is 9.80 Å². The average molecular weight is 465 g/mol. The monoisotopic (exact) mass is 464 g/mol. The number of nitrogens with one attached hydrogen (secondary N) is 2. The van der Waals surface area contributed by atoms with Gasteiger partial charge in [-0.3, -0.25) is 14.5 Å². The summed E-state index contributed by atoms with van der Waals surface area (Å²) in [6, 6.07) is 10.9. The van der Waals surface area contributed by atoms with Crippen LogP contribution in [0.25, 0.3) is 0 Å². The Hall–Kier alpha value is -3.18. The van der Waals surface area contributed by atoms with Crippen LogP contribution in [-0.4, -0.2) is 29.3 Å². The number of hydrogen-bond acceptors (Lipinski definition) is 5. The molecule has 8 heteroatoms. The zero-order chi connectivity index (χ0) is 23.4. The van der Waals surface area contributed by atoms with Crippen LogP contribution in [-0.2, 0) is 28.0 Å². The number of imide groups is 1. The van der Waals surface area contributed by atoms with E-state index in [2.05, 4.69) is 16.7 Å². The molecule has 2 heterocycles. The van der Waals surface area contributed by atoms with Gasteiger partial charge in [0.1, 0.15) is 23.2 Å². The second-order valence-electron chi connectivity index (χ2n) is 8.62. The lowest BCUT2D eigenvalue weighted by Gasteiger charge is -2.27. The standard InChI is InChI=1S/C25H28N4O3S/c1-2-3-14-25(17-10-6-4-7-11-17)23(31)29(24(32)28-25)16-21(30)27-22-19(15-26)18-12-8-5-9-13-20(18)33-22/h4,6-7,10-11H,2-3,5,8-9,12-14,16H2,1H3,(H,27,30)(H,28,32). The summed E-state index contributed by atoms with van der Waals surface area (Å²) >= 11 is 1.44. The van der Waals surface area contributed by atoms with Gasteiger partial charge in [-0.15, -0.1) is 11.3 Å². The molecular weight excluding hydrogens is 436 g/mol. The van der Waals surface area contributed by atoms with Gasteiger partial charge >= 0.3 is 6.03 Å². The number of hydrogen-bond donors (Lipinski definition) is 2. The van der Waals surface area contributed by atoms with E-state index in [0.29, 0.717) is 22.5 Å². The number of amides is 4. The summed E-state index contributed by atoms with van der Waals surface area (Å²) in [6.07, 6.45) is 7.10. The molecule has 7 nitrogen and oxygen atoms in total. The molecule has 0 bridgehead atoms. The van der Waals surface area contributed by atoms with Gasteiger partial charge in [-0.2, -0.15) is 5.26 Å². The lowest BCUT2D eigenvalue weighted by Crippen LogP contribution is -2.44. The highest BCUT2D eigenvalue weighted by Gasteiger charge is 2.52. The number of thiophene rings is 1. The summed E-state index contributed by atoms with van der Waals surface area (Å²) in [5.74, 6) is -0.893. The first-order chi connectivity index (χ1) is 16.0. The summed E-state index contributed by atoms with van der Waals surface area (Å²) in [5.41, 5.74) is 1.11. The molecule has 2 aliphatic rings. The zero-order valence-electron chi connectivity index (χ0n) is 18.8. The predicted molar refractivity (Wildman–Crippen MR) is 127 cm³/mol. The van der Waals surface area contributed by atoms with E-state index in [1.54, 1.807) is 0 Å². The number of benzene rings is 1. The molecular formula is C25H28N4O3S. The number of fused-ring (bicyclic) bond motifs is 1. The third kappa shape index (κ3) is 4.38. The van der Waals surface area contributed by atoms with E-state index < -0.39 is 29.9 Å². The molecule has 1 fully saturated rings. The van der Waals surface area contributed by atoms with E-state index in [1.807, 2.05) is 37.3 Å². The SMILES string of the molecule is CCCCC1(c2ccccc2)NC(=O)N(CC(=O)Nc2sc3c(c2C#N)CCCCC3)C1=O. The van der Waals surface area contributed by atoms with Crippen LogP contribution < -0.4 is 10.6 Å². The number of carbonyl (C=O) groups is 3. The first-order valence-corrected chi connectivity index (χ1v) is 12.4. The number of unbranched alkanes of at least 4 members (excludes halogenated alkanes) is 1. The first kappa shape index (κ1) is 23.0. The lowest BCUT2D eigenvalue weighted by atomic mass is 9.85. The second-order valence-corrected chi connectivity index (χ2v) is 9.73. The minimum atomic E-state index is -1.16. The minimum Gasteiger partial charge on any atom is -0.319 e. The van der Waals surface area contributed by atoms with Crippen molar-refractivity contribution in [3.63, 3.8) is 0 Å². The minimum absolute atomic E-state index is 0.390. The van der Waals surface area contributed by atoms with Crippen molar-refractivity contribution in [1.82, 2.24) is 10.2 Å². The van der Waals surface area contributed by atoms with E-state index in [9.17, 15) is 19.6 Å². The molecule has 2 aromatic rings. The van der Waals surface area contributed by atoms with Crippen molar-refractivity contribution < 1.29 is 14.4 Å². The maximum atomic E-state index is 13.5. The fourth-order valence-corrected chi connectivity index (χ4v) is 5.96. The maximum absolute atomic E-state index is 13.5. The van der Waals surface area contributed by atoms with E-state index in [0.717, 1.165) is 60.3 Å². The highest BCUT2D eigenvalue weighted by atomic mass is 32.1. The van der Waals surface area contributed by atoms with Crippen LogP contribution in [0.3, 0.4) is 0 Å². The van der Waals surface area contributed by atoms with Crippen LogP contribution in [0.2, 0.25) is 0 Å². The lowest BCUT2D eigenvalue weighted by molar-refractivity contribution is -0.134. The predicted octanol–water partition coefficient (Wildman–Crippen LogP) is 4.46. The van der Waals surface area contributed by atoms with Crippen LogP contribution in [0.1, 0.15) is 67.0 Å². The molecule has 0 radical (unpaired) electrons. The fourth-order valence-electron chi connectivity index (χ4n) is 4.70. The first-order valence-electron chi connectivity index (χ1n) is 11.5. The number of nitrogens with zero attached hydrogens (tertiary/aromatic N) is 2. The summed E-state index contributed by atoms with van der Waals surface area (Å²) in [5, 5.41) is 15.9. The Morgan fingerprint density at radius 1 is 1.21 bits per heavy atom. The van der Waals surface area contributed by atoms with Crippen molar-refractivity contribution in [3.05, 3.63) is 51.9 Å². The molecule has 1 atom stereocenters. The molecule has 2 N–H and O–H groups in total. The molecule has 1 unspecified atom stereocenters. The Morgan fingerprint density at radius 2 is 1.97 bits per heavy atom. The van der Waals surface area contributed by atoms with Gasteiger partial charge in [0, 0.05) is 4.88 Å². The Bertz CT molecular complexity index is 1100. The zero-order valence-corrected chi connectivity index (χ0v) is 19.6. The van der Waals surface area contributed by atoms with Crippen LogP contribution >= 0.6 is 11.3 Å². The van der Waals surface area contributed by atoms with Gasteiger partial charge in [0.2, 0.25) is 5.91 Å². The van der Waals surface area contributed by atoms with Crippen LogP contribution in [0.5, 0.6) is 0 Å². The van der Waals surface area contributed by atoms with Crippen LogP contribution in [0.15, 0.2) is 30.3 Å². The number of rotatable bonds is 7. The summed E-state index contributed by atoms with van der Waals surface area (Å²) < 4.78 is 0. The molecule has 1 aliphatic carbocycles. The van der Waals surface area contributed by atoms with Crippen molar-refractivity contribution in [2.24, 2.45) is 0 Å². The van der Waals surface area contributed by atoms with Crippen molar-refractivity contribution in [3.8, 4) is 6.07 Å². The van der Waals surface area contributed by atoms with Gasteiger partial charge < -0.3 is 10.6 Å². The maximum Gasteiger partial charge on any atom is 0.325 e. The van der Waals surface area contributed by atoms with Crippen molar-refractivity contribution in [2.45, 2.75) is 63.8 Å². The Labute approximate surface area is 197 Å². The molecule has 1 aromatic heterocycles. The van der Waals surface area contributed by atoms with Crippen molar-refractivity contribution in [1.29, 1.82) is 5.26 Å². The number of urea groups is 1. The number of nitriles is 1. The summed E-state index contributed by atoms with van der Waals surface area (Å²) in [4.78, 5) is 41.3. The average Bonchev–Trinajstić information content (AvgIpc) is 3.14. The Balaban J connectivity index is 1.54. The van der Waals surface area contributed by atoms with E-state index in [4.69, 9.17) is 0 Å². The molecule has 1 aliphatic heterocycles. The highest BCUT2D eigenvalue weighted by Crippen LogP contribution is 2.37. The number of carbonyl (C=O) groups excluding carboxylic acids is 3. The molecule has 172 valence electrons. The highest BCUT2D eigenvalue weighted by molar-refractivity contribution is 7.16. The van der Waals surface area contributed by atoms with Gasteiger partial charge in [0.05, 0.1) is 5.56 Å². The van der Waals surface area contributed by atoms with Crippen molar-refractivity contribution in [2.75, 3.05) is 11.9 Å². The van der Waals surface area contributed by atoms with E-state index in [1.165, 1.54) is 11.3 Å². The molecule has 33 heavy (non-hydrogen) atoms. The van der Waals surface area contributed by atoms with E-state index >= 15 is 0 Å². The van der Waals surface area contributed by atoms with E-state index in [-0.39, 0.29) is 0 Å². The molecule has 4 rings (SSSR count). The third-order valence-corrected chi connectivity index (χ3v) is 7.64. The molecule has 0 spiro atoms. The quantitative estimate of drug-likeness (QED) is 0.466. The fraction of sp³-hybridized carbons (Fsp3) is 0.440. The van der Waals surface area contributed by atoms with Gasteiger partial charge in [0.15, 0.2) is 0 Å². The molecule has 1 aromatic carbocycles. The molecule has 0 saturated carbocycles. The third-order valence-electron chi connectivity index (χ3n) is 6.44. The molecule has 1 saturated heterocycles. The second kappa shape index (κ2) is 9.75. The van der Waals surface area contributed by atoms with Gasteiger partial charge in [0.25, 0.3) is 5.91 Å².